The summed E-state index contributed by atoms with van der Waals surface area (Å²) in [5.74, 6) is 1.03. The van der Waals surface area contributed by atoms with Gasteiger partial charge in [0.15, 0.2) is 11.5 Å². The third kappa shape index (κ3) is 2.96. The Balaban J connectivity index is 1.45. The molecule has 0 aliphatic carbocycles. The highest BCUT2D eigenvalue weighted by Crippen LogP contribution is 2.32. The molecule has 1 unspecified atom stereocenters. The molecule has 1 N–H and O–H groups in total. The van der Waals surface area contributed by atoms with Crippen LogP contribution in [0, 0.1) is 0 Å². The van der Waals surface area contributed by atoms with Crippen LogP contribution < -0.4 is 14.8 Å². The zero-order valence-corrected chi connectivity index (χ0v) is 13.5. The molecule has 1 aliphatic heterocycles. The van der Waals surface area contributed by atoms with E-state index in [9.17, 15) is 4.79 Å². The summed E-state index contributed by atoms with van der Waals surface area (Å²) < 4.78 is 11.3. The molecular formula is C18H14N2O3S. The standard InChI is InChI=1S/C18H14N2O3S/c21-18(16-10-22-14-3-1-2-4-15(14)23-16)20-13-9-17(24-11-13)12-5-7-19-8-6-12/h1-9,11,16H,10H2,(H,20,21). The van der Waals surface area contributed by atoms with Crippen LogP contribution in [0.3, 0.4) is 0 Å². The highest BCUT2D eigenvalue weighted by molar-refractivity contribution is 7.14. The molecule has 5 nitrogen and oxygen atoms in total. The summed E-state index contributed by atoms with van der Waals surface area (Å²) >= 11 is 1.57. The maximum absolute atomic E-state index is 12.4. The SMILES string of the molecule is O=C(Nc1csc(-c2ccncc2)c1)C1COc2ccccc2O1. The molecule has 0 bridgehead atoms. The van der Waals surface area contributed by atoms with Crippen molar-refractivity contribution >= 4 is 22.9 Å². The summed E-state index contributed by atoms with van der Waals surface area (Å²) in [6.45, 7) is 0.199. The van der Waals surface area contributed by atoms with Crippen molar-refractivity contribution in [2.45, 2.75) is 6.10 Å². The molecule has 2 aromatic heterocycles. The molecule has 120 valence electrons. The van der Waals surface area contributed by atoms with E-state index in [1.165, 1.54) is 0 Å². The van der Waals surface area contributed by atoms with Crippen LogP contribution in [0.15, 0.2) is 60.2 Å². The zero-order chi connectivity index (χ0) is 16.4. The number of nitrogens with zero attached hydrogens (tertiary/aromatic N) is 1. The average molecular weight is 338 g/mol. The lowest BCUT2D eigenvalue weighted by atomic mass is 10.2. The number of anilines is 1. The van der Waals surface area contributed by atoms with Crippen molar-refractivity contribution < 1.29 is 14.3 Å². The average Bonchev–Trinajstić information content (AvgIpc) is 3.10. The first kappa shape index (κ1) is 14.7. The number of carbonyl (C=O) groups is 1. The summed E-state index contributed by atoms with van der Waals surface area (Å²) in [4.78, 5) is 17.5. The molecule has 0 fully saturated rings. The number of pyridine rings is 1. The number of amides is 1. The van der Waals surface area contributed by atoms with Crippen molar-refractivity contribution in [1.29, 1.82) is 0 Å². The minimum Gasteiger partial charge on any atom is -0.485 e. The van der Waals surface area contributed by atoms with Crippen LogP contribution in [0.2, 0.25) is 0 Å². The Hall–Kier alpha value is -2.86. The largest absolute Gasteiger partial charge is 0.485 e. The molecule has 0 saturated carbocycles. The molecule has 3 aromatic rings. The predicted octanol–water partition coefficient (Wildman–Crippen LogP) is 3.59. The number of aromatic nitrogens is 1. The second kappa shape index (κ2) is 6.33. The molecule has 0 saturated heterocycles. The second-order valence-electron chi connectivity index (χ2n) is 5.29. The minimum atomic E-state index is -0.663. The Kier molecular flexibility index (Phi) is 3.88. The lowest BCUT2D eigenvalue weighted by molar-refractivity contribution is -0.125. The van der Waals surface area contributed by atoms with Crippen LogP contribution >= 0.6 is 11.3 Å². The van der Waals surface area contributed by atoms with E-state index in [0.29, 0.717) is 11.5 Å². The van der Waals surface area contributed by atoms with Crippen LogP contribution in [0.4, 0.5) is 5.69 Å². The van der Waals surface area contributed by atoms with Gasteiger partial charge in [-0.2, -0.15) is 0 Å². The molecule has 1 atom stereocenters. The van der Waals surface area contributed by atoms with Gasteiger partial charge in [0.25, 0.3) is 5.91 Å². The fourth-order valence-corrected chi connectivity index (χ4v) is 3.29. The van der Waals surface area contributed by atoms with Crippen LogP contribution in [0.5, 0.6) is 11.5 Å². The fourth-order valence-electron chi connectivity index (χ4n) is 2.44. The smallest absolute Gasteiger partial charge is 0.269 e. The number of hydrogen-bond acceptors (Lipinski definition) is 5. The number of thiophene rings is 1. The molecule has 0 spiro atoms. The number of ether oxygens (including phenoxy) is 2. The normalized spacial score (nSPS) is 15.8. The van der Waals surface area contributed by atoms with Crippen molar-refractivity contribution in [3.63, 3.8) is 0 Å². The summed E-state index contributed by atoms with van der Waals surface area (Å²) in [5, 5.41) is 4.79. The first-order chi connectivity index (χ1) is 11.8. The van der Waals surface area contributed by atoms with Gasteiger partial charge in [0.2, 0.25) is 6.10 Å². The Morgan fingerprint density at radius 3 is 2.79 bits per heavy atom. The van der Waals surface area contributed by atoms with Gasteiger partial charge in [0, 0.05) is 22.7 Å². The van der Waals surface area contributed by atoms with Crippen molar-refractivity contribution in [3.8, 4) is 21.9 Å². The third-order valence-electron chi connectivity index (χ3n) is 3.63. The van der Waals surface area contributed by atoms with Gasteiger partial charge in [-0.1, -0.05) is 12.1 Å². The number of hydrogen-bond donors (Lipinski definition) is 1. The third-order valence-corrected chi connectivity index (χ3v) is 4.61. The van der Waals surface area contributed by atoms with E-state index in [-0.39, 0.29) is 12.5 Å². The first-order valence-electron chi connectivity index (χ1n) is 7.48. The Morgan fingerprint density at radius 2 is 1.96 bits per heavy atom. The quantitative estimate of drug-likeness (QED) is 0.793. The second-order valence-corrected chi connectivity index (χ2v) is 6.20. The van der Waals surface area contributed by atoms with E-state index >= 15 is 0 Å². The van der Waals surface area contributed by atoms with Gasteiger partial charge in [-0.15, -0.1) is 11.3 Å². The fraction of sp³-hybridized carbons (Fsp3) is 0.111. The van der Waals surface area contributed by atoms with Gasteiger partial charge in [-0.25, -0.2) is 0 Å². The molecule has 1 aliphatic rings. The zero-order valence-electron chi connectivity index (χ0n) is 12.6. The molecule has 6 heteroatoms. The minimum absolute atomic E-state index is 0.199. The summed E-state index contributed by atoms with van der Waals surface area (Å²) in [7, 11) is 0. The van der Waals surface area contributed by atoms with E-state index in [1.807, 2.05) is 41.8 Å². The molecule has 3 heterocycles. The Labute approximate surface area is 142 Å². The highest BCUT2D eigenvalue weighted by Gasteiger charge is 2.27. The van der Waals surface area contributed by atoms with Crippen LogP contribution in [-0.2, 0) is 4.79 Å². The van der Waals surface area contributed by atoms with Crippen LogP contribution in [-0.4, -0.2) is 23.6 Å². The predicted molar refractivity (Wildman–Crippen MR) is 92.5 cm³/mol. The number of carbonyl (C=O) groups excluding carboxylic acids is 1. The maximum atomic E-state index is 12.4. The van der Waals surface area contributed by atoms with Gasteiger partial charge < -0.3 is 14.8 Å². The first-order valence-corrected chi connectivity index (χ1v) is 8.36. The molecule has 1 aromatic carbocycles. The van der Waals surface area contributed by atoms with Crippen LogP contribution in [0.1, 0.15) is 0 Å². The number of rotatable bonds is 3. The van der Waals surface area contributed by atoms with Crippen molar-refractivity contribution in [1.82, 2.24) is 4.98 Å². The number of fused-ring (bicyclic) bond motifs is 1. The van der Waals surface area contributed by atoms with Gasteiger partial charge in [-0.3, -0.25) is 9.78 Å². The molecule has 1 amide bonds. The molecule has 0 radical (unpaired) electrons. The van der Waals surface area contributed by atoms with E-state index in [0.717, 1.165) is 16.1 Å². The summed E-state index contributed by atoms with van der Waals surface area (Å²) in [6, 6.07) is 13.1. The van der Waals surface area contributed by atoms with E-state index in [2.05, 4.69) is 10.3 Å². The van der Waals surface area contributed by atoms with E-state index < -0.39 is 6.10 Å². The van der Waals surface area contributed by atoms with E-state index in [4.69, 9.17) is 9.47 Å². The topological polar surface area (TPSA) is 60.5 Å². The monoisotopic (exact) mass is 338 g/mol. The number of para-hydroxylation sites is 2. The molecule has 24 heavy (non-hydrogen) atoms. The van der Waals surface area contributed by atoms with Crippen molar-refractivity contribution in [3.05, 3.63) is 60.2 Å². The Morgan fingerprint density at radius 1 is 1.17 bits per heavy atom. The van der Waals surface area contributed by atoms with Gasteiger partial charge >= 0.3 is 0 Å². The van der Waals surface area contributed by atoms with Gasteiger partial charge in [0.1, 0.15) is 6.61 Å². The number of benzene rings is 1. The summed E-state index contributed by atoms with van der Waals surface area (Å²) in [6.07, 6.45) is 2.83. The summed E-state index contributed by atoms with van der Waals surface area (Å²) in [5.41, 5.74) is 1.82. The lowest BCUT2D eigenvalue weighted by Gasteiger charge is -2.25. The van der Waals surface area contributed by atoms with E-state index in [1.54, 1.807) is 29.8 Å². The van der Waals surface area contributed by atoms with Crippen molar-refractivity contribution in [2.75, 3.05) is 11.9 Å². The number of nitrogens with one attached hydrogen (secondary N) is 1. The maximum Gasteiger partial charge on any atom is 0.269 e. The van der Waals surface area contributed by atoms with Crippen LogP contribution in [0.25, 0.3) is 10.4 Å². The van der Waals surface area contributed by atoms with Gasteiger partial charge in [0.05, 0.1) is 5.69 Å². The Bertz CT molecular complexity index is 863. The molecular weight excluding hydrogens is 324 g/mol. The van der Waals surface area contributed by atoms with Crippen molar-refractivity contribution in [2.24, 2.45) is 0 Å². The highest BCUT2D eigenvalue weighted by atomic mass is 32.1. The van der Waals surface area contributed by atoms with Gasteiger partial charge in [-0.05, 0) is 35.9 Å². The lowest BCUT2D eigenvalue weighted by Crippen LogP contribution is -2.40. The molecule has 4 rings (SSSR count).